The predicted octanol–water partition coefficient (Wildman–Crippen LogP) is 5.39. The number of benzene rings is 1. The van der Waals surface area contributed by atoms with E-state index in [4.69, 9.17) is 4.74 Å². The van der Waals surface area contributed by atoms with E-state index in [9.17, 15) is 9.59 Å². The Hall–Kier alpha value is -2.31. The van der Waals surface area contributed by atoms with Crippen LogP contribution >= 0.6 is 23.1 Å². The lowest BCUT2D eigenvalue weighted by Gasteiger charge is -2.36. The van der Waals surface area contributed by atoms with Crippen LogP contribution in [0.4, 0.5) is 0 Å². The molecule has 0 fully saturated rings. The van der Waals surface area contributed by atoms with Gasteiger partial charge < -0.3 is 10.1 Å². The van der Waals surface area contributed by atoms with Crippen molar-refractivity contribution >= 4 is 34.9 Å². The van der Waals surface area contributed by atoms with Gasteiger partial charge in [-0.1, -0.05) is 18.2 Å². The number of rotatable bonds is 5. The van der Waals surface area contributed by atoms with Gasteiger partial charge >= 0.3 is 5.97 Å². The van der Waals surface area contributed by atoms with Crippen molar-refractivity contribution < 1.29 is 14.3 Å². The maximum atomic E-state index is 13.4. The van der Waals surface area contributed by atoms with Crippen LogP contribution in [0.5, 0.6) is 0 Å². The predicted molar refractivity (Wildman–Crippen MR) is 122 cm³/mol. The number of dihydropyridines is 1. The van der Waals surface area contributed by atoms with E-state index in [1.807, 2.05) is 43.5 Å². The Morgan fingerprint density at radius 3 is 2.63 bits per heavy atom. The van der Waals surface area contributed by atoms with Gasteiger partial charge in [0, 0.05) is 45.0 Å². The molecule has 2 aromatic rings. The number of ether oxygens (including phenoxy) is 1. The molecule has 0 saturated carbocycles. The minimum Gasteiger partial charge on any atom is -0.463 e. The van der Waals surface area contributed by atoms with Gasteiger partial charge in [-0.3, -0.25) is 4.79 Å². The molecule has 0 radical (unpaired) electrons. The molecule has 1 aromatic carbocycles. The van der Waals surface area contributed by atoms with Gasteiger partial charge in [-0.05, 0) is 55.7 Å². The molecule has 0 amide bonds. The molecule has 0 spiro atoms. The molecule has 0 bridgehead atoms. The minimum atomic E-state index is -0.395. The van der Waals surface area contributed by atoms with Crippen molar-refractivity contribution in [1.82, 2.24) is 5.32 Å². The normalized spacial score (nSPS) is 21.4. The summed E-state index contributed by atoms with van der Waals surface area (Å²) in [6.07, 6.45) is 3.27. The Bertz CT molecular complexity index is 1020. The number of thiophene rings is 1. The summed E-state index contributed by atoms with van der Waals surface area (Å²) in [6, 6.07) is 12.3. The number of nitrogens with one attached hydrogen (secondary N) is 1. The summed E-state index contributed by atoms with van der Waals surface area (Å²) in [5.74, 6) is -0.468. The highest BCUT2D eigenvalue weighted by Crippen LogP contribution is 2.46. The van der Waals surface area contributed by atoms with Crippen molar-refractivity contribution in [2.75, 3.05) is 12.9 Å². The summed E-state index contributed by atoms with van der Waals surface area (Å²) in [5, 5.41) is 5.44. The summed E-state index contributed by atoms with van der Waals surface area (Å²) in [5.41, 5.74) is 3.91. The molecule has 0 unspecified atom stereocenters. The fraction of sp³-hybridized carbons (Fsp3) is 0.333. The lowest BCUT2D eigenvalue weighted by molar-refractivity contribution is -0.138. The summed E-state index contributed by atoms with van der Waals surface area (Å²) >= 11 is 3.36. The lowest BCUT2D eigenvalue weighted by atomic mass is 9.72. The highest BCUT2D eigenvalue weighted by atomic mass is 32.2. The van der Waals surface area contributed by atoms with Crippen LogP contribution in [0, 0.1) is 0 Å². The zero-order chi connectivity index (χ0) is 21.3. The van der Waals surface area contributed by atoms with E-state index in [0.29, 0.717) is 24.2 Å². The Kier molecular flexibility index (Phi) is 6.16. The topological polar surface area (TPSA) is 55.4 Å². The molecule has 4 rings (SSSR count). The molecule has 1 N–H and O–H groups in total. The van der Waals surface area contributed by atoms with Gasteiger partial charge in [-0.25, -0.2) is 4.79 Å². The van der Waals surface area contributed by atoms with E-state index in [1.165, 1.54) is 4.88 Å². The highest BCUT2D eigenvalue weighted by molar-refractivity contribution is 7.98. The van der Waals surface area contributed by atoms with Gasteiger partial charge in [0.1, 0.15) is 0 Å². The number of carbonyl (C=O) groups is 2. The van der Waals surface area contributed by atoms with Crippen molar-refractivity contribution in [3.05, 3.63) is 74.8 Å². The molecular weight excluding hydrogens is 414 g/mol. The van der Waals surface area contributed by atoms with Gasteiger partial charge in [0.05, 0.1) is 12.2 Å². The molecule has 2 aliphatic rings. The number of hydrogen-bond acceptors (Lipinski definition) is 6. The van der Waals surface area contributed by atoms with E-state index in [-0.39, 0.29) is 17.7 Å². The quantitative estimate of drug-likeness (QED) is 0.500. The van der Waals surface area contributed by atoms with Crippen LogP contribution in [0.2, 0.25) is 0 Å². The monoisotopic (exact) mass is 439 g/mol. The largest absolute Gasteiger partial charge is 0.463 e. The third-order valence-corrected chi connectivity index (χ3v) is 7.50. The van der Waals surface area contributed by atoms with Crippen LogP contribution in [-0.2, 0) is 14.3 Å². The van der Waals surface area contributed by atoms with Crippen molar-refractivity contribution in [2.45, 2.75) is 43.4 Å². The number of allylic oxidation sites excluding steroid dienone is 3. The molecule has 0 saturated heterocycles. The molecule has 1 aromatic heterocycles. The standard InChI is InChI=1S/C24H25NO3S2/c1-4-28-24(27)21-14(2)25-18-12-16(20-6-5-11-30-20)13-19(26)23(18)22(21)15-7-9-17(29-3)10-8-15/h5-11,16,22,25H,4,12-13H2,1-3H3/t16-,22-/m1/s1. The Balaban J connectivity index is 1.80. The van der Waals surface area contributed by atoms with E-state index >= 15 is 0 Å². The molecule has 6 heteroatoms. The second kappa shape index (κ2) is 8.82. The van der Waals surface area contributed by atoms with Gasteiger partial charge in [0.2, 0.25) is 0 Å². The van der Waals surface area contributed by atoms with E-state index < -0.39 is 5.92 Å². The number of Topliss-reactive ketones (excluding diaryl/α,β-unsaturated/α-hetero) is 1. The second-order valence-electron chi connectivity index (χ2n) is 7.53. The molecule has 156 valence electrons. The van der Waals surface area contributed by atoms with Crippen LogP contribution in [0.3, 0.4) is 0 Å². The zero-order valence-electron chi connectivity index (χ0n) is 17.4. The first-order valence-electron chi connectivity index (χ1n) is 10.1. The molecule has 4 nitrogen and oxygen atoms in total. The number of esters is 1. The Morgan fingerprint density at radius 2 is 2.00 bits per heavy atom. The maximum absolute atomic E-state index is 13.4. The number of ketones is 1. The van der Waals surface area contributed by atoms with E-state index in [1.54, 1.807) is 30.0 Å². The average molecular weight is 440 g/mol. The van der Waals surface area contributed by atoms with Crippen molar-refractivity contribution in [3.63, 3.8) is 0 Å². The number of carbonyl (C=O) groups excluding carboxylic acids is 2. The van der Waals surface area contributed by atoms with Crippen LogP contribution in [0.15, 0.2) is 69.2 Å². The first-order chi connectivity index (χ1) is 14.5. The first-order valence-corrected chi connectivity index (χ1v) is 12.2. The molecule has 30 heavy (non-hydrogen) atoms. The third-order valence-electron chi connectivity index (χ3n) is 5.72. The average Bonchev–Trinajstić information content (AvgIpc) is 3.28. The minimum absolute atomic E-state index is 0.107. The van der Waals surface area contributed by atoms with Crippen molar-refractivity contribution in [1.29, 1.82) is 0 Å². The smallest absolute Gasteiger partial charge is 0.336 e. The number of hydrogen-bond donors (Lipinski definition) is 1. The number of thioether (sulfide) groups is 1. The van der Waals surface area contributed by atoms with E-state index in [0.717, 1.165) is 28.3 Å². The first kappa shape index (κ1) is 20.9. The van der Waals surface area contributed by atoms with Gasteiger partial charge in [0.25, 0.3) is 0 Å². The van der Waals surface area contributed by atoms with Crippen LogP contribution < -0.4 is 5.32 Å². The van der Waals surface area contributed by atoms with Crippen LogP contribution in [0.25, 0.3) is 0 Å². The second-order valence-corrected chi connectivity index (χ2v) is 9.39. The summed E-state index contributed by atoms with van der Waals surface area (Å²) in [6.45, 7) is 4.00. The molecule has 2 atom stereocenters. The fourth-order valence-electron chi connectivity index (χ4n) is 4.37. The van der Waals surface area contributed by atoms with Crippen LogP contribution in [0.1, 0.15) is 49.0 Å². The maximum Gasteiger partial charge on any atom is 0.336 e. The lowest BCUT2D eigenvalue weighted by Crippen LogP contribution is -2.36. The van der Waals surface area contributed by atoms with Crippen molar-refractivity contribution in [2.24, 2.45) is 0 Å². The summed E-state index contributed by atoms with van der Waals surface area (Å²) < 4.78 is 5.37. The summed E-state index contributed by atoms with van der Waals surface area (Å²) in [7, 11) is 0. The van der Waals surface area contributed by atoms with E-state index in [2.05, 4.69) is 16.8 Å². The van der Waals surface area contributed by atoms with Crippen LogP contribution in [-0.4, -0.2) is 24.6 Å². The Labute approximate surface area is 185 Å². The molecular formula is C24H25NO3S2. The fourth-order valence-corrected chi connectivity index (χ4v) is 5.61. The molecule has 2 heterocycles. The van der Waals surface area contributed by atoms with Gasteiger partial charge in [-0.2, -0.15) is 0 Å². The third kappa shape index (κ3) is 3.86. The highest BCUT2D eigenvalue weighted by Gasteiger charge is 2.41. The van der Waals surface area contributed by atoms with Crippen molar-refractivity contribution in [3.8, 4) is 0 Å². The Morgan fingerprint density at radius 1 is 1.23 bits per heavy atom. The SMILES string of the molecule is CCOC(=O)C1=C(C)NC2=C(C(=O)C[C@H](c3cccs3)C2)[C@@H]1c1ccc(SC)cc1. The van der Waals surface area contributed by atoms with Gasteiger partial charge in [0.15, 0.2) is 5.78 Å². The molecule has 1 aliphatic carbocycles. The van der Waals surface area contributed by atoms with Gasteiger partial charge in [-0.15, -0.1) is 23.1 Å². The molecule has 1 aliphatic heterocycles. The zero-order valence-corrected chi connectivity index (χ0v) is 19.0. The summed E-state index contributed by atoms with van der Waals surface area (Å²) in [4.78, 5) is 28.7.